The zero-order chi connectivity index (χ0) is 29.3. The number of hydrogen-bond acceptors (Lipinski definition) is 6. The average Bonchev–Trinajstić information content (AvgIpc) is 3.56. The smallest absolute Gasteiger partial charge is 0.247 e. The third-order valence-corrected chi connectivity index (χ3v) is 8.12. The van der Waals surface area contributed by atoms with Crippen LogP contribution in [0.15, 0.2) is 46.9 Å². The monoisotopic (exact) mass is 563 g/mol. The fraction of sp³-hybridized carbons (Fsp3) is 0.484. The largest absolute Gasteiger partial charge is 0.438 e. The van der Waals surface area contributed by atoms with E-state index in [1.807, 2.05) is 43.0 Å². The molecular weight excluding hydrogens is 525 g/mol. The highest BCUT2D eigenvalue weighted by Crippen LogP contribution is 2.40. The SMILES string of the molecule is CN[C@@H](C)C(=O)N[C@H]1CN(C(=O)CC(C)C)CC[C@H]2CC[C@@H](c3nc4c(-c5cccc(F)c5)cccc4o3)N2C1=O. The lowest BCUT2D eigenvalue weighted by molar-refractivity contribution is -0.144. The highest BCUT2D eigenvalue weighted by Gasteiger charge is 2.45. The van der Waals surface area contributed by atoms with Gasteiger partial charge in [0.15, 0.2) is 5.58 Å². The molecule has 41 heavy (non-hydrogen) atoms. The van der Waals surface area contributed by atoms with Crippen LogP contribution in [0, 0.1) is 11.7 Å². The number of para-hydroxylation sites is 1. The molecule has 3 aromatic rings. The van der Waals surface area contributed by atoms with Gasteiger partial charge in [0.1, 0.15) is 23.4 Å². The van der Waals surface area contributed by atoms with Crippen molar-refractivity contribution in [2.24, 2.45) is 5.92 Å². The number of oxazole rings is 1. The maximum absolute atomic E-state index is 14.2. The van der Waals surface area contributed by atoms with Crippen LogP contribution in [-0.2, 0) is 14.4 Å². The van der Waals surface area contributed by atoms with Gasteiger partial charge in [-0.2, -0.15) is 0 Å². The van der Waals surface area contributed by atoms with E-state index in [0.29, 0.717) is 48.4 Å². The maximum Gasteiger partial charge on any atom is 0.247 e. The first kappa shape index (κ1) is 28.7. The van der Waals surface area contributed by atoms with E-state index in [1.165, 1.54) is 12.1 Å². The highest BCUT2D eigenvalue weighted by molar-refractivity contribution is 5.92. The van der Waals surface area contributed by atoms with Crippen molar-refractivity contribution in [1.29, 1.82) is 0 Å². The fourth-order valence-corrected chi connectivity index (χ4v) is 5.85. The molecule has 2 aliphatic heterocycles. The first-order valence-corrected chi connectivity index (χ1v) is 14.4. The van der Waals surface area contributed by atoms with E-state index in [2.05, 4.69) is 10.6 Å². The molecule has 5 rings (SSSR count). The Kier molecular flexibility index (Phi) is 8.40. The second-order valence-corrected chi connectivity index (χ2v) is 11.5. The maximum atomic E-state index is 14.2. The zero-order valence-corrected chi connectivity index (χ0v) is 24.0. The number of carbonyl (C=O) groups is 3. The second-order valence-electron chi connectivity index (χ2n) is 11.5. The van der Waals surface area contributed by atoms with Crippen LogP contribution in [0.4, 0.5) is 4.39 Å². The van der Waals surface area contributed by atoms with Crippen molar-refractivity contribution in [1.82, 2.24) is 25.4 Å². The third kappa shape index (κ3) is 5.98. The number of fused-ring (bicyclic) bond motifs is 2. The van der Waals surface area contributed by atoms with Crippen LogP contribution in [-0.4, -0.2) is 70.8 Å². The van der Waals surface area contributed by atoms with Crippen LogP contribution in [0.25, 0.3) is 22.2 Å². The average molecular weight is 564 g/mol. The molecule has 2 aliphatic rings. The molecule has 0 bridgehead atoms. The number of carbonyl (C=O) groups excluding carboxylic acids is 3. The van der Waals surface area contributed by atoms with E-state index in [9.17, 15) is 18.8 Å². The van der Waals surface area contributed by atoms with Gasteiger partial charge in [-0.25, -0.2) is 9.37 Å². The zero-order valence-electron chi connectivity index (χ0n) is 24.0. The topological polar surface area (TPSA) is 108 Å². The van der Waals surface area contributed by atoms with Crippen LogP contribution < -0.4 is 10.6 Å². The summed E-state index contributed by atoms with van der Waals surface area (Å²) in [4.78, 5) is 48.5. The minimum absolute atomic E-state index is 0.0134. The number of amides is 3. The van der Waals surface area contributed by atoms with Crippen LogP contribution in [0.2, 0.25) is 0 Å². The Morgan fingerprint density at radius 1 is 1.12 bits per heavy atom. The van der Waals surface area contributed by atoms with Crippen LogP contribution in [0.5, 0.6) is 0 Å². The van der Waals surface area contributed by atoms with Gasteiger partial charge in [-0.15, -0.1) is 0 Å². The summed E-state index contributed by atoms with van der Waals surface area (Å²) in [5, 5.41) is 5.81. The van der Waals surface area contributed by atoms with Crippen LogP contribution >= 0.6 is 0 Å². The molecule has 2 N–H and O–H groups in total. The Morgan fingerprint density at radius 3 is 2.63 bits per heavy atom. The Bertz CT molecular complexity index is 1440. The predicted octanol–water partition coefficient (Wildman–Crippen LogP) is 4.04. The molecule has 9 nitrogen and oxygen atoms in total. The van der Waals surface area contributed by atoms with Gasteiger partial charge in [0.25, 0.3) is 0 Å². The van der Waals surface area contributed by atoms with E-state index in [0.717, 1.165) is 12.0 Å². The molecule has 0 spiro atoms. The number of aromatic nitrogens is 1. The minimum atomic E-state index is -0.898. The molecule has 10 heteroatoms. The van der Waals surface area contributed by atoms with Crippen molar-refractivity contribution in [2.45, 2.75) is 70.6 Å². The molecule has 2 aromatic carbocycles. The van der Waals surface area contributed by atoms with E-state index in [1.54, 1.807) is 24.9 Å². The van der Waals surface area contributed by atoms with Crippen molar-refractivity contribution >= 4 is 28.8 Å². The molecule has 4 atom stereocenters. The summed E-state index contributed by atoms with van der Waals surface area (Å²) in [6.45, 7) is 6.31. The Labute approximate surface area is 239 Å². The normalized spacial score (nSPS) is 22.0. The van der Waals surface area contributed by atoms with Gasteiger partial charge in [0, 0.05) is 31.1 Å². The van der Waals surface area contributed by atoms with E-state index in [4.69, 9.17) is 9.40 Å². The Balaban J connectivity index is 1.48. The molecular formula is C31H38FN5O4. The van der Waals surface area contributed by atoms with Gasteiger partial charge in [-0.3, -0.25) is 14.4 Å². The van der Waals surface area contributed by atoms with Crippen molar-refractivity contribution in [3.63, 3.8) is 0 Å². The van der Waals surface area contributed by atoms with Crippen molar-refractivity contribution in [3.8, 4) is 11.1 Å². The molecule has 218 valence electrons. The molecule has 1 aromatic heterocycles. The Morgan fingerprint density at radius 2 is 1.90 bits per heavy atom. The van der Waals surface area contributed by atoms with Gasteiger partial charge in [0.05, 0.1) is 6.04 Å². The molecule has 3 amide bonds. The minimum Gasteiger partial charge on any atom is -0.438 e. The summed E-state index contributed by atoms with van der Waals surface area (Å²) >= 11 is 0. The van der Waals surface area contributed by atoms with E-state index >= 15 is 0 Å². The molecule has 2 saturated heterocycles. The van der Waals surface area contributed by atoms with Crippen LogP contribution in [0.1, 0.15) is 58.4 Å². The number of rotatable bonds is 7. The summed E-state index contributed by atoms with van der Waals surface area (Å²) in [5.74, 6) is -0.304. The third-order valence-electron chi connectivity index (χ3n) is 8.12. The summed E-state index contributed by atoms with van der Waals surface area (Å²) in [6, 6.07) is 9.93. The molecule has 0 aliphatic carbocycles. The number of nitrogens with one attached hydrogen (secondary N) is 2. The van der Waals surface area contributed by atoms with Gasteiger partial charge >= 0.3 is 0 Å². The quantitative estimate of drug-likeness (QED) is 0.449. The van der Waals surface area contributed by atoms with Gasteiger partial charge in [-0.05, 0) is 62.9 Å². The first-order valence-electron chi connectivity index (χ1n) is 14.4. The molecule has 0 unspecified atom stereocenters. The Hall–Kier alpha value is -3.79. The van der Waals surface area contributed by atoms with Crippen molar-refractivity contribution in [2.75, 3.05) is 20.1 Å². The van der Waals surface area contributed by atoms with E-state index < -0.39 is 18.1 Å². The van der Waals surface area contributed by atoms with Crippen LogP contribution in [0.3, 0.4) is 0 Å². The standard InChI is InChI=1S/C31H38FN5O4/c1-18(2)15-27(38)36-14-13-22-11-12-25(37(22)31(40)24(17-36)34-29(39)19(3)33-4)30-35-28-23(9-6-10-26(28)41-30)20-7-5-8-21(32)16-20/h5-10,16,18-19,22,24-25,33H,11-15,17H2,1-4H3,(H,34,39)/t19-,22+,24-,25-/m0/s1. The lowest BCUT2D eigenvalue weighted by Crippen LogP contribution is -2.60. The van der Waals surface area contributed by atoms with Gasteiger partial charge in [-0.1, -0.05) is 38.1 Å². The summed E-state index contributed by atoms with van der Waals surface area (Å²) in [5.41, 5.74) is 2.60. The molecule has 0 radical (unpaired) electrons. The summed E-state index contributed by atoms with van der Waals surface area (Å²) in [6.07, 6.45) is 2.39. The predicted molar refractivity (Wildman–Crippen MR) is 153 cm³/mol. The van der Waals surface area contributed by atoms with Crippen molar-refractivity contribution < 1.29 is 23.2 Å². The number of halogens is 1. The molecule has 2 fully saturated rings. The van der Waals surface area contributed by atoms with Crippen molar-refractivity contribution in [3.05, 3.63) is 54.2 Å². The van der Waals surface area contributed by atoms with Gasteiger partial charge in [0.2, 0.25) is 23.6 Å². The fourth-order valence-electron chi connectivity index (χ4n) is 5.85. The van der Waals surface area contributed by atoms with E-state index in [-0.39, 0.29) is 42.0 Å². The lowest BCUT2D eigenvalue weighted by Gasteiger charge is -2.38. The molecule has 0 saturated carbocycles. The summed E-state index contributed by atoms with van der Waals surface area (Å²) < 4.78 is 20.2. The number of benzene rings is 2. The number of nitrogens with zero attached hydrogens (tertiary/aromatic N) is 3. The lowest BCUT2D eigenvalue weighted by atomic mass is 10.0. The summed E-state index contributed by atoms with van der Waals surface area (Å²) in [7, 11) is 1.68. The number of likely N-dealkylation sites (N-methyl/N-ethyl adjacent to an activating group) is 1. The first-order chi connectivity index (χ1) is 19.7. The highest BCUT2D eigenvalue weighted by atomic mass is 19.1. The number of hydrogen-bond donors (Lipinski definition) is 2. The van der Waals surface area contributed by atoms with Gasteiger partial charge < -0.3 is 24.9 Å². The second kappa shape index (κ2) is 12.0. The molecule has 3 heterocycles.